The van der Waals surface area contributed by atoms with Gasteiger partial charge in [-0.2, -0.15) is 4.31 Å². The van der Waals surface area contributed by atoms with Crippen molar-refractivity contribution >= 4 is 28.3 Å². The van der Waals surface area contributed by atoms with Crippen molar-refractivity contribution in [3.63, 3.8) is 0 Å². The number of nitrogens with zero attached hydrogens (tertiary/aromatic N) is 2. The largest absolute Gasteiger partial charge is 0.324 e. The van der Waals surface area contributed by atoms with E-state index >= 15 is 4.39 Å². The highest BCUT2D eigenvalue weighted by Gasteiger charge is 2.34. The normalized spacial score (nSPS) is 16.3. The fraction of sp³-hybridized carbons (Fsp3) is 0.235. The molecule has 7 nitrogen and oxygen atoms in total. The zero-order valence-electron chi connectivity index (χ0n) is 24.4. The fourth-order valence-electron chi connectivity index (χ4n) is 5.78. The minimum Gasteiger partial charge on any atom is -0.324 e. The number of sulfonamides is 1. The minimum absolute atomic E-state index is 0.124. The van der Waals surface area contributed by atoms with E-state index in [0.717, 1.165) is 0 Å². The zero-order chi connectivity index (χ0) is 32.0. The smallest absolute Gasteiger partial charge is 0.250 e. The molecule has 45 heavy (non-hydrogen) atoms. The van der Waals surface area contributed by atoms with E-state index in [1.165, 1.54) is 52.8 Å². The monoisotopic (exact) mass is 634 g/mol. The Labute approximate surface area is 260 Å². The van der Waals surface area contributed by atoms with Gasteiger partial charge in [0.05, 0.1) is 4.90 Å². The van der Waals surface area contributed by atoms with Crippen molar-refractivity contribution in [3.05, 3.63) is 131 Å². The molecule has 234 valence electrons. The third-order valence-electron chi connectivity index (χ3n) is 7.95. The van der Waals surface area contributed by atoms with E-state index in [-0.39, 0.29) is 35.5 Å². The number of amides is 1. The Morgan fingerprint density at radius 2 is 1.58 bits per heavy atom. The highest BCUT2D eigenvalue weighted by molar-refractivity contribution is 7.89. The van der Waals surface area contributed by atoms with Crippen LogP contribution in [0.5, 0.6) is 0 Å². The molecule has 0 saturated carbocycles. The molecule has 2 atom stereocenters. The van der Waals surface area contributed by atoms with Gasteiger partial charge in [0.25, 0.3) is 0 Å². The van der Waals surface area contributed by atoms with Gasteiger partial charge in [0.1, 0.15) is 23.5 Å². The van der Waals surface area contributed by atoms with Crippen LogP contribution in [0.2, 0.25) is 0 Å². The van der Waals surface area contributed by atoms with E-state index in [9.17, 15) is 22.0 Å². The van der Waals surface area contributed by atoms with Gasteiger partial charge in [-0.1, -0.05) is 48.5 Å². The van der Waals surface area contributed by atoms with Crippen molar-refractivity contribution in [2.45, 2.75) is 35.7 Å². The van der Waals surface area contributed by atoms with Crippen LogP contribution in [0.25, 0.3) is 0 Å². The maximum Gasteiger partial charge on any atom is 0.250 e. The molecule has 0 bridgehead atoms. The number of rotatable bonds is 11. The van der Waals surface area contributed by atoms with Crippen LogP contribution in [0.1, 0.15) is 29.0 Å². The van der Waals surface area contributed by atoms with Crippen LogP contribution >= 0.6 is 0 Å². The number of hydrogen-bond donors (Lipinski definition) is 2. The number of benzene rings is 4. The Kier molecular flexibility index (Phi) is 10.1. The molecule has 2 unspecified atom stereocenters. The first-order valence-corrected chi connectivity index (χ1v) is 16.0. The molecular weight excluding hydrogens is 601 g/mol. The van der Waals surface area contributed by atoms with Crippen molar-refractivity contribution in [3.8, 4) is 0 Å². The first kappa shape index (κ1) is 32.1. The molecule has 1 saturated heterocycles. The molecule has 1 aliphatic heterocycles. The number of aliphatic imine (C=N–C) groups is 1. The Hall–Kier alpha value is -4.32. The fourth-order valence-corrected chi connectivity index (χ4v) is 7.45. The topological polar surface area (TPSA) is 90.9 Å². The molecule has 2 N–H and O–H groups in total. The Bertz CT molecular complexity index is 1730. The minimum atomic E-state index is -3.78. The first-order valence-electron chi connectivity index (χ1n) is 14.5. The van der Waals surface area contributed by atoms with Gasteiger partial charge in [-0.25, -0.2) is 21.6 Å². The molecule has 1 amide bonds. The van der Waals surface area contributed by atoms with Crippen molar-refractivity contribution in [1.82, 2.24) is 9.62 Å². The number of carbonyl (C=O) groups excluding carboxylic acids is 1. The summed E-state index contributed by atoms with van der Waals surface area (Å²) in [6.45, 7) is 4.72. The highest BCUT2D eigenvalue weighted by Crippen LogP contribution is 2.33. The molecule has 1 fully saturated rings. The van der Waals surface area contributed by atoms with Crippen LogP contribution in [0, 0.1) is 17.5 Å². The zero-order valence-corrected chi connectivity index (χ0v) is 25.2. The molecule has 4 aromatic carbocycles. The second kappa shape index (κ2) is 14.2. The predicted molar refractivity (Wildman–Crippen MR) is 168 cm³/mol. The maximum atomic E-state index is 15.3. The summed E-state index contributed by atoms with van der Waals surface area (Å²) in [4.78, 5) is 18.0. The standard InChI is InChI=1S/C34H33F3N4O3S/c1-38-33(32(23-8-5-10-25(35)20-23)24-9-6-11-26(36)21-24)34(42)40-31-15-7-14-30(37)29(31)17-16-27-22-39-18-19-41(27)45(43,44)28-12-3-2-4-13-28/h2-15,20-21,27,32-33,39H,1,16-19,22H2,(H,40,42). The molecule has 0 aromatic heterocycles. The van der Waals surface area contributed by atoms with Gasteiger partial charge < -0.3 is 10.6 Å². The number of hydrogen-bond acceptors (Lipinski definition) is 5. The van der Waals surface area contributed by atoms with Crippen LogP contribution in [-0.2, 0) is 21.2 Å². The summed E-state index contributed by atoms with van der Waals surface area (Å²) in [5, 5.41) is 5.98. The number of carbonyl (C=O) groups is 1. The lowest BCUT2D eigenvalue weighted by Crippen LogP contribution is -2.53. The lowest BCUT2D eigenvalue weighted by Gasteiger charge is -2.35. The second-order valence-electron chi connectivity index (χ2n) is 10.8. The van der Waals surface area contributed by atoms with Gasteiger partial charge in [0.2, 0.25) is 15.9 Å². The molecule has 5 rings (SSSR count). The van der Waals surface area contributed by atoms with Crippen LogP contribution in [-0.4, -0.2) is 57.1 Å². The summed E-state index contributed by atoms with van der Waals surface area (Å²) in [7, 11) is -3.78. The number of anilines is 1. The molecule has 1 heterocycles. The van der Waals surface area contributed by atoms with Gasteiger partial charge in [0, 0.05) is 42.8 Å². The Morgan fingerprint density at radius 1 is 0.933 bits per heavy atom. The molecule has 4 aromatic rings. The van der Waals surface area contributed by atoms with Gasteiger partial charge in [-0.05, 0) is 79.2 Å². The van der Waals surface area contributed by atoms with E-state index in [0.29, 0.717) is 24.2 Å². The molecule has 0 aliphatic carbocycles. The van der Waals surface area contributed by atoms with Gasteiger partial charge in [0.15, 0.2) is 0 Å². The lowest BCUT2D eigenvalue weighted by molar-refractivity contribution is -0.117. The SMILES string of the molecule is C=NC(C(=O)Nc1cccc(F)c1CCC1CNCCN1S(=O)(=O)c1ccccc1)C(c1cccc(F)c1)c1cccc(F)c1. The number of halogens is 3. The predicted octanol–water partition coefficient (Wildman–Crippen LogP) is 5.54. The van der Waals surface area contributed by atoms with Crippen LogP contribution in [0.15, 0.2) is 107 Å². The van der Waals surface area contributed by atoms with E-state index < -0.39 is 51.4 Å². The van der Waals surface area contributed by atoms with Crippen LogP contribution < -0.4 is 10.6 Å². The van der Waals surface area contributed by atoms with Crippen LogP contribution in [0.4, 0.5) is 18.9 Å². The quantitative estimate of drug-likeness (QED) is 0.212. The van der Waals surface area contributed by atoms with Gasteiger partial charge in [-0.15, -0.1) is 0 Å². The third kappa shape index (κ3) is 7.33. The summed E-state index contributed by atoms with van der Waals surface area (Å²) in [5.41, 5.74) is 1.16. The summed E-state index contributed by atoms with van der Waals surface area (Å²) >= 11 is 0. The summed E-state index contributed by atoms with van der Waals surface area (Å²) in [6.07, 6.45) is 0.403. The van der Waals surface area contributed by atoms with E-state index in [1.54, 1.807) is 48.5 Å². The lowest BCUT2D eigenvalue weighted by atomic mass is 9.84. The Balaban J connectivity index is 1.40. The van der Waals surface area contributed by atoms with Crippen molar-refractivity contribution in [2.24, 2.45) is 4.99 Å². The third-order valence-corrected chi connectivity index (χ3v) is 9.91. The summed E-state index contributed by atoms with van der Waals surface area (Å²) in [6, 6.07) is 22.0. The average molecular weight is 635 g/mol. The first-order chi connectivity index (χ1) is 21.7. The van der Waals surface area contributed by atoms with E-state index in [1.807, 2.05) is 0 Å². The Morgan fingerprint density at radius 3 is 2.20 bits per heavy atom. The highest BCUT2D eigenvalue weighted by atomic mass is 32.2. The van der Waals surface area contributed by atoms with E-state index in [4.69, 9.17) is 0 Å². The number of nitrogens with one attached hydrogen (secondary N) is 2. The van der Waals surface area contributed by atoms with Gasteiger partial charge >= 0.3 is 0 Å². The number of piperazine rings is 1. The van der Waals surface area contributed by atoms with Gasteiger partial charge in [-0.3, -0.25) is 9.79 Å². The molecular formula is C34H33F3N4O3S. The van der Waals surface area contributed by atoms with Crippen molar-refractivity contribution in [2.75, 3.05) is 25.0 Å². The second-order valence-corrected chi connectivity index (χ2v) is 12.7. The summed E-state index contributed by atoms with van der Waals surface area (Å²) < 4.78 is 72.1. The molecule has 0 spiro atoms. The molecule has 0 radical (unpaired) electrons. The summed E-state index contributed by atoms with van der Waals surface area (Å²) in [5.74, 6) is -3.18. The molecule has 1 aliphatic rings. The maximum absolute atomic E-state index is 15.3. The average Bonchev–Trinajstić information content (AvgIpc) is 3.03. The van der Waals surface area contributed by atoms with Crippen LogP contribution in [0.3, 0.4) is 0 Å². The van der Waals surface area contributed by atoms with E-state index in [2.05, 4.69) is 22.3 Å². The molecule has 11 heteroatoms. The van der Waals surface area contributed by atoms with Crippen molar-refractivity contribution in [1.29, 1.82) is 0 Å². The van der Waals surface area contributed by atoms with Crippen molar-refractivity contribution < 1.29 is 26.4 Å².